The summed E-state index contributed by atoms with van der Waals surface area (Å²) in [6.07, 6.45) is 4.87. The highest BCUT2D eigenvalue weighted by atomic mass is 79.9. The molecule has 1 aromatic carbocycles. The molecule has 0 aliphatic rings. The zero-order valence-corrected chi connectivity index (χ0v) is 8.08. The SMILES string of the molecule is C#CC(O)Cc1cccc(Br)c1. The highest BCUT2D eigenvalue weighted by Crippen LogP contribution is 2.12. The summed E-state index contributed by atoms with van der Waals surface area (Å²) in [6.45, 7) is 0. The monoisotopic (exact) mass is 224 g/mol. The largest absolute Gasteiger partial charge is 0.380 e. The molecule has 1 nitrogen and oxygen atoms in total. The summed E-state index contributed by atoms with van der Waals surface area (Å²) in [5, 5.41) is 9.15. The van der Waals surface area contributed by atoms with E-state index in [1.54, 1.807) is 0 Å². The Balaban J connectivity index is 2.71. The van der Waals surface area contributed by atoms with Crippen molar-refractivity contribution >= 4 is 15.9 Å². The first-order valence-electron chi connectivity index (χ1n) is 3.61. The molecular weight excluding hydrogens is 216 g/mol. The van der Waals surface area contributed by atoms with Crippen LogP contribution >= 0.6 is 15.9 Å². The third-order valence-electron chi connectivity index (χ3n) is 1.51. The van der Waals surface area contributed by atoms with E-state index in [-0.39, 0.29) is 0 Å². The van der Waals surface area contributed by atoms with Crippen LogP contribution in [-0.4, -0.2) is 11.2 Å². The van der Waals surface area contributed by atoms with Gasteiger partial charge < -0.3 is 5.11 Å². The number of hydrogen-bond acceptors (Lipinski definition) is 1. The number of terminal acetylenes is 1. The van der Waals surface area contributed by atoms with Gasteiger partial charge in [-0.05, 0) is 17.7 Å². The van der Waals surface area contributed by atoms with Crippen LogP contribution < -0.4 is 0 Å². The van der Waals surface area contributed by atoms with Crippen LogP contribution in [-0.2, 0) is 6.42 Å². The molecule has 0 spiro atoms. The molecule has 2 heteroatoms. The van der Waals surface area contributed by atoms with E-state index in [0.29, 0.717) is 6.42 Å². The minimum Gasteiger partial charge on any atom is -0.380 e. The first-order valence-corrected chi connectivity index (χ1v) is 4.40. The Morgan fingerprint density at radius 2 is 2.33 bits per heavy atom. The van der Waals surface area contributed by atoms with Crippen LogP contribution in [0.15, 0.2) is 28.7 Å². The topological polar surface area (TPSA) is 20.2 Å². The zero-order valence-electron chi connectivity index (χ0n) is 6.50. The van der Waals surface area contributed by atoms with Crippen molar-refractivity contribution in [3.8, 4) is 12.3 Å². The molecule has 1 unspecified atom stereocenters. The van der Waals surface area contributed by atoms with E-state index in [4.69, 9.17) is 11.5 Å². The number of aliphatic hydroxyl groups excluding tert-OH is 1. The van der Waals surface area contributed by atoms with Crippen LogP contribution in [0.25, 0.3) is 0 Å². The zero-order chi connectivity index (χ0) is 8.97. The number of benzene rings is 1. The maximum absolute atomic E-state index is 9.15. The predicted octanol–water partition coefficient (Wildman–Crippen LogP) is 1.99. The summed E-state index contributed by atoms with van der Waals surface area (Å²) in [6, 6.07) is 7.74. The van der Waals surface area contributed by atoms with Gasteiger partial charge in [-0.2, -0.15) is 0 Å². The molecule has 1 atom stereocenters. The summed E-state index contributed by atoms with van der Waals surface area (Å²) in [4.78, 5) is 0. The van der Waals surface area contributed by atoms with E-state index in [1.807, 2.05) is 24.3 Å². The molecule has 62 valence electrons. The van der Waals surface area contributed by atoms with Crippen molar-refractivity contribution in [2.24, 2.45) is 0 Å². The standard InChI is InChI=1S/C10H9BrO/c1-2-10(12)7-8-4-3-5-9(11)6-8/h1,3-6,10,12H,7H2. The van der Waals surface area contributed by atoms with E-state index in [9.17, 15) is 0 Å². The van der Waals surface area contributed by atoms with Gasteiger partial charge in [-0.25, -0.2) is 0 Å². The van der Waals surface area contributed by atoms with Crippen LogP contribution in [0.1, 0.15) is 5.56 Å². The highest BCUT2D eigenvalue weighted by molar-refractivity contribution is 9.10. The van der Waals surface area contributed by atoms with Gasteiger partial charge in [0.2, 0.25) is 0 Å². The van der Waals surface area contributed by atoms with Crippen molar-refractivity contribution in [3.63, 3.8) is 0 Å². The maximum Gasteiger partial charge on any atom is 0.118 e. The lowest BCUT2D eigenvalue weighted by molar-refractivity contribution is 0.233. The lowest BCUT2D eigenvalue weighted by atomic mass is 10.1. The normalized spacial score (nSPS) is 12.1. The minimum absolute atomic E-state index is 0.510. The summed E-state index contributed by atoms with van der Waals surface area (Å²) >= 11 is 3.34. The Morgan fingerprint density at radius 3 is 2.92 bits per heavy atom. The number of rotatable bonds is 2. The number of hydrogen-bond donors (Lipinski definition) is 1. The van der Waals surface area contributed by atoms with Gasteiger partial charge in [-0.1, -0.05) is 34.0 Å². The Kier molecular flexibility index (Phi) is 3.33. The molecule has 0 heterocycles. The molecule has 1 rings (SSSR count). The van der Waals surface area contributed by atoms with Crippen LogP contribution in [0.4, 0.5) is 0 Å². The Labute approximate surface area is 80.6 Å². The predicted molar refractivity (Wildman–Crippen MR) is 52.7 cm³/mol. The molecule has 0 fully saturated rings. The van der Waals surface area contributed by atoms with Crippen molar-refractivity contribution in [3.05, 3.63) is 34.3 Å². The summed E-state index contributed by atoms with van der Waals surface area (Å²) < 4.78 is 1.00. The fourth-order valence-electron chi connectivity index (χ4n) is 0.946. The molecular formula is C10H9BrO. The van der Waals surface area contributed by atoms with E-state index in [0.717, 1.165) is 10.0 Å². The second kappa shape index (κ2) is 4.30. The van der Waals surface area contributed by atoms with Crippen LogP contribution in [0, 0.1) is 12.3 Å². The van der Waals surface area contributed by atoms with Crippen LogP contribution in [0.3, 0.4) is 0 Å². The molecule has 0 aliphatic heterocycles. The molecule has 1 N–H and O–H groups in total. The third kappa shape index (κ3) is 2.69. The summed E-state index contributed by atoms with van der Waals surface area (Å²) in [5.74, 6) is 2.27. The first-order chi connectivity index (χ1) is 5.72. The van der Waals surface area contributed by atoms with Crippen LogP contribution in [0.2, 0.25) is 0 Å². The second-order valence-corrected chi connectivity index (χ2v) is 3.43. The van der Waals surface area contributed by atoms with Gasteiger partial charge in [-0.3, -0.25) is 0 Å². The fourth-order valence-corrected chi connectivity index (χ4v) is 1.39. The Bertz CT molecular complexity index is 301. The number of halogens is 1. The van der Waals surface area contributed by atoms with Gasteiger partial charge in [0, 0.05) is 10.9 Å². The maximum atomic E-state index is 9.15. The fraction of sp³-hybridized carbons (Fsp3) is 0.200. The lowest BCUT2D eigenvalue weighted by Crippen LogP contribution is -2.06. The van der Waals surface area contributed by atoms with Gasteiger partial charge in [0.25, 0.3) is 0 Å². The minimum atomic E-state index is -0.681. The molecule has 0 radical (unpaired) electrons. The molecule has 0 aliphatic carbocycles. The highest BCUT2D eigenvalue weighted by Gasteiger charge is 2.00. The Hall–Kier alpha value is -0.780. The van der Waals surface area contributed by atoms with Crippen molar-refractivity contribution in [1.82, 2.24) is 0 Å². The third-order valence-corrected chi connectivity index (χ3v) is 2.00. The first kappa shape index (κ1) is 9.31. The van der Waals surface area contributed by atoms with Gasteiger partial charge in [0.05, 0.1) is 0 Å². The average molecular weight is 225 g/mol. The average Bonchev–Trinajstić information content (AvgIpc) is 2.04. The summed E-state index contributed by atoms with van der Waals surface area (Å²) in [7, 11) is 0. The molecule has 0 aromatic heterocycles. The van der Waals surface area contributed by atoms with Crippen molar-refractivity contribution in [2.75, 3.05) is 0 Å². The van der Waals surface area contributed by atoms with Gasteiger partial charge >= 0.3 is 0 Å². The van der Waals surface area contributed by atoms with E-state index >= 15 is 0 Å². The van der Waals surface area contributed by atoms with Crippen molar-refractivity contribution in [2.45, 2.75) is 12.5 Å². The van der Waals surface area contributed by atoms with Crippen molar-refractivity contribution < 1.29 is 5.11 Å². The molecule has 1 aromatic rings. The molecule has 12 heavy (non-hydrogen) atoms. The molecule has 0 saturated carbocycles. The second-order valence-electron chi connectivity index (χ2n) is 2.52. The molecule has 0 bridgehead atoms. The number of aliphatic hydroxyl groups is 1. The molecule has 0 saturated heterocycles. The van der Waals surface area contributed by atoms with Crippen LogP contribution in [0.5, 0.6) is 0 Å². The van der Waals surface area contributed by atoms with E-state index < -0.39 is 6.10 Å². The van der Waals surface area contributed by atoms with Crippen molar-refractivity contribution in [1.29, 1.82) is 0 Å². The van der Waals surface area contributed by atoms with E-state index in [1.165, 1.54) is 0 Å². The summed E-state index contributed by atoms with van der Waals surface area (Å²) in [5.41, 5.74) is 1.04. The Morgan fingerprint density at radius 1 is 1.58 bits per heavy atom. The van der Waals surface area contributed by atoms with E-state index in [2.05, 4.69) is 21.9 Å². The van der Waals surface area contributed by atoms with Gasteiger partial charge in [0.1, 0.15) is 6.10 Å². The van der Waals surface area contributed by atoms with Gasteiger partial charge in [0.15, 0.2) is 0 Å². The molecule has 0 amide bonds. The van der Waals surface area contributed by atoms with Gasteiger partial charge in [-0.15, -0.1) is 6.42 Å². The quantitative estimate of drug-likeness (QED) is 0.763. The smallest absolute Gasteiger partial charge is 0.118 e. The lowest BCUT2D eigenvalue weighted by Gasteiger charge is -2.03.